The van der Waals surface area contributed by atoms with Crippen molar-refractivity contribution in [3.05, 3.63) is 52.9 Å². The summed E-state index contributed by atoms with van der Waals surface area (Å²) in [5, 5.41) is 19.0. The third-order valence-corrected chi connectivity index (χ3v) is 2.71. The summed E-state index contributed by atoms with van der Waals surface area (Å²) in [4.78, 5) is 23.2. The molecule has 0 unspecified atom stereocenters. The van der Waals surface area contributed by atoms with Crippen molar-refractivity contribution in [2.45, 2.75) is 6.42 Å². The van der Waals surface area contributed by atoms with Crippen molar-refractivity contribution in [2.24, 2.45) is 0 Å². The van der Waals surface area contributed by atoms with Crippen molar-refractivity contribution in [3.8, 4) is 11.5 Å². The third-order valence-electron chi connectivity index (χ3n) is 2.71. The topological polar surface area (TPSA) is 87.7 Å². The maximum Gasteiger partial charge on any atom is 0.203 e. The van der Waals surface area contributed by atoms with E-state index in [4.69, 9.17) is 4.42 Å². The minimum atomic E-state index is -0.439. The lowest BCUT2D eigenvalue weighted by Crippen LogP contribution is -2.05. The highest BCUT2D eigenvalue weighted by Gasteiger charge is 2.11. The van der Waals surface area contributed by atoms with Gasteiger partial charge < -0.3 is 14.6 Å². The minimum absolute atomic E-state index is 0.0139. The van der Waals surface area contributed by atoms with Crippen LogP contribution in [-0.4, -0.2) is 16.0 Å². The Morgan fingerprint density at radius 2 is 2.10 bits per heavy atom. The fourth-order valence-electron chi connectivity index (χ4n) is 1.73. The van der Waals surface area contributed by atoms with E-state index in [1.165, 1.54) is 30.6 Å². The van der Waals surface area contributed by atoms with E-state index in [2.05, 4.69) is 6.58 Å². The van der Waals surface area contributed by atoms with Crippen molar-refractivity contribution in [3.63, 3.8) is 0 Å². The average molecular weight is 272 g/mol. The van der Waals surface area contributed by atoms with E-state index in [-0.39, 0.29) is 40.2 Å². The van der Waals surface area contributed by atoms with Crippen LogP contribution in [0.4, 0.5) is 0 Å². The summed E-state index contributed by atoms with van der Waals surface area (Å²) in [6.45, 7) is 3.34. The molecule has 0 bridgehead atoms. The number of hydrogen-bond acceptors (Lipinski definition) is 5. The van der Waals surface area contributed by atoms with Crippen LogP contribution in [-0.2, 0) is 4.79 Å². The first-order valence-electron chi connectivity index (χ1n) is 5.82. The molecular formula is C15H12O5. The number of fused-ring (bicyclic) bond motifs is 1. The van der Waals surface area contributed by atoms with Gasteiger partial charge in [0.05, 0.1) is 5.56 Å². The van der Waals surface area contributed by atoms with Gasteiger partial charge in [0.25, 0.3) is 0 Å². The number of allylic oxidation sites excluding steroid dienone is 2. The third kappa shape index (κ3) is 2.61. The number of ketones is 1. The molecule has 1 heterocycles. The van der Waals surface area contributed by atoms with Gasteiger partial charge in [-0.25, -0.2) is 0 Å². The minimum Gasteiger partial charge on any atom is -0.508 e. The Bertz CT molecular complexity index is 768. The molecular weight excluding hydrogens is 260 g/mol. The fraction of sp³-hybridized carbons (Fsp3) is 0.0667. The van der Waals surface area contributed by atoms with Gasteiger partial charge in [0.15, 0.2) is 5.78 Å². The van der Waals surface area contributed by atoms with E-state index in [9.17, 15) is 19.8 Å². The highest BCUT2D eigenvalue weighted by molar-refractivity contribution is 5.91. The molecule has 20 heavy (non-hydrogen) atoms. The zero-order valence-corrected chi connectivity index (χ0v) is 10.5. The van der Waals surface area contributed by atoms with Crippen LogP contribution in [0.25, 0.3) is 17.0 Å². The maximum atomic E-state index is 12.1. The van der Waals surface area contributed by atoms with Crippen molar-refractivity contribution in [1.29, 1.82) is 0 Å². The predicted molar refractivity (Wildman–Crippen MR) is 74.7 cm³/mol. The second kappa shape index (κ2) is 5.44. The molecule has 0 aliphatic rings. The molecule has 0 fully saturated rings. The molecule has 2 aromatic rings. The summed E-state index contributed by atoms with van der Waals surface area (Å²) < 4.78 is 5.19. The van der Waals surface area contributed by atoms with Gasteiger partial charge >= 0.3 is 0 Å². The van der Waals surface area contributed by atoms with Crippen LogP contribution in [0.3, 0.4) is 0 Å². The first-order chi connectivity index (χ1) is 9.52. The van der Waals surface area contributed by atoms with Crippen molar-refractivity contribution in [1.82, 2.24) is 0 Å². The van der Waals surface area contributed by atoms with E-state index in [0.717, 1.165) is 6.07 Å². The normalized spacial score (nSPS) is 11.0. The van der Waals surface area contributed by atoms with Gasteiger partial charge in [0, 0.05) is 18.6 Å². The zero-order valence-electron chi connectivity index (χ0n) is 10.5. The number of phenols is 2. The SMILES string of the molecule is C=CC(=O)C/C=C/c1coc2cc(O)cc(O)c2c1=O. The Hall–Kier alpha value is -2.82. The molecule has 0 radical (unpaired) electrons. The Kier molecular flexibility index (Phi) is 3.70. The highest BCUT2D eigenvalue weighted by atomic mass is 16.3. The average Bonchev–Trinajstić information content (AvgIpc) is 2.40. The molecule has 2 N–H and O–H groups in total. The molecule has 0 aliphatic heterocycles. The van der Waals surface area contributed by atoms with Gasteiger partial charge in [-0.05, 0) is 6.08 Å². The molecule has 0 amide bonds. The molecule has 5 heteroatoms. The molecule has 0 atom stereocenters. The molecule has 0 spiro atoms. The van der Waals surface area contributed by atoms with Crippen LogP contribution in [0, 0.1) is 0 Å². The number of phenolic OH excluding ortho intramolecular Hbond substituents is 2. The van der Waals surface area contributed by atoms with E-state index in [0.29, 0.717) is 0 Å². The second-order valence-corrected chi connectivity index (χ2v) is 4.14. The Labute approximate surface area is 114 Å². The lowest BCUT2D eigenvalue weighted by Gasteiger charge is -2.02. The lowest BCUT2D eigenvalue weighted by atomic mass is 10.1. The number of aromatic hydroxyl groups is 2. The van der Waals surface area contributed by atoms with Gasteiger partial charge in [-0.15, -0.1) is 0 Å². The Morgan fingerprint density at radius 3 is 2.80 bits per heavy atom. The van der Waals surface area contributed by atoms with Crippen LogP contribution < -0.4 is 5.43 Å². The van der Waals surface area contributed by atoms with Crippen LogP contribution >= 0.6 is 0 Å². The summed E-state index contributed by atoms with van der Waals surface area (Å²) >= 11 is 0. The number of carbonyl (C=O) groups excluding carboxylic acids is 1. The summed E-state index contributed by atoms with van der Waals surface area (Å²) in [5.74, 6) is -0.719. The molecule has 0 saturated carbocycles. The molecule has 102 valence electrons. The highest BCUT2D eigenvalue weighted by Crippen LogP contribution is 2.27. The zero-order chi connectivity index (χ0) is 14.7. The Balaban J connectivity index is 2.47. The molecule has 1 aromatic carbocycles. The number of rotatable bonds is 4. The number of carbonyl (C=O) groups is 1. The molecule has 5 nitrogen and oxygen atoms in total. The van der Waals surface area contributed by atoms with E-state index >= 15 is 0 Å². The quantitative estimate of drug-likeness (QED) is 0.834. The fourth-order valence-corrected chi connectivity index (χ4v) is 1.73. The summed E-state index contributed by atoms with van der Waals surface area (Å²) in [7, 11) is 0. The second-order valence-electron chi connectivity index (χ2n) is 4.14. The molecule has 0 aliphatic carbocycles. The van der Waals surface area contributed by atoms with Gasteiger partial charge in [-0.1, -0.05) is 18.7 Å². The molecule has 2 rings (SSSR count). The summed E-state index contributed by atoms with van der Waals surface area (Å²) in [5.41, 5.74) is -0.145. The van der Waals surface area contributed by atoms with Gasteiger partial charge in [0.1, 0.15) is 28.7 Å². The van der Waals surface area contributed by atoms with E-state index in [1.54, 1.807) is 0 Å². The largest absolute Gasteiger partial charge is 0.508 e. The van der Waals surface area contributed by atoms with Crippen molar-refractivity contribution < 1.29 is 19.4 Å². The van der Waals surface area contributed by atoms with Crippen LogP contribution in [0.15, 0.2) is 46.3 Å². The van der Waals surface area contributed by atoms with E-state index in [1.807, 2.05) is 0 Å². The van der Waals surface area contributed by atoms with Crippen LogP contribution in [0.2, 0.25) is 0 Å². The number of hydrogen-bond donors (Lipinski definition) is 2. The van der Waals surface area contributed by atoms with Gasteiger partial charge in [-0.2, -0.15) is 0 Å². The van der Waals surface area contributed by atoms with Crippen molar-refractivity contribution >= 4 is 22.8 Å². The summed E-state index contributed by atoms with van der Waals surface area (Å²) in [6, 6.07) is 2.30. The Morgan fingerprint density at radius 1 is 1.35 bits per heavy atom. The lowest BCUT2D eigenvalue weighted by molar-refractivity contribution is -0.113. The van der Waals surface area contributed by atoms with Crippen LogP contribution in [0.1, 0.15) is 12.0 Å². The smallest absolute Gasteiger partial charge is 0.203 e. The maximum absolute atomic E-state index is 12.1. The monoisotopic (exact) mass is 272 g/mol. The first-order valence-corrected chi connectivity index (χ1v) is 5.82. The first kappa shape index (κ1) is 13.6. The standard InChI is InChI=1S/C15H12O5/c1-2-10(16)5-3-4-9-8-20-13-7-11(17)6-12(18)14(13)15(9)19/h2-4,6-8,17-18H,1,5H2/b4-3+. The van der Waals surface area contributed by atoms with Gasteiger partial charge in [-0.3, -0.25) is 9.59 Å². The molecule has 0 saturated heterocycles. The molecule has 1 aromatic heterocycles. The van der Waals surface area contributed by atoms with Crippen molar-refractivity contribution in [2.75, 3.05) is 0 Å². The van der Waals surface area contributed by atoms with E-state index < -0.39 is 5.43 Å². The predicted octanol–water partition coefficient (Wildman–Crippen LogP) is 2.36. The van der Waals surface area contributed by atoms with Gasteiger partial charge in [0.2, 0.25) is 5.43 Å². The summed E-state index contributed by atoms with van der Waals surface area (Å²) in [6.07, 6.45) is 5.49. The number of benzene rings is 1. The van der Waals surface area contributed by atoms with Crippen LogP contribution in [0.5, 0.6) is 11.5 Å².